The van der Waals surface area contributed by atoms with E-state index in [2.05, 4.69) is 48.4 Å². The molecule has 1 aliphatic heterocycles. The van der Waals surface area contributed by atoms with Crippen molar-refractivity contribution in [1.82, 2.24) is 10.2 Å². The van der Waals surface area contributed by atoms with Gasteiger partial charge in [0.05, 0.1) is 0 Å². The molecule has 0 aliphatic carbocycles. The van der Waals surface area contributed by atoms with Gasteiger partial charge in [-0.1, -0.05) is 44.6 Å². The molecular weight excluding hydrogens is 246 g/mol. The zero-order valence-corrected chi connectivity index (χ0v) is 13.6. The van der Waals surface area contributed by atoms with Crippen molar-refractivity contribution in [1.29, 1.82) is 0 Å². The van der Waals surface area contributed by atoms with Gasteiger partial charge in [0, 0.05) is 26.2 Å². The van der Waals surface area contributed by atoms with E-state index in [4.69, 9.17) is 5.73 Å². The summed E-state index contributed by atoms with van der Waals surface area (Å²) in [7, 11) is 0. The molecule has 0 amide bonds. The van der Waals surface area contributed by atoms with Gasteiger partial charge in [0.15, 0.2) is 0 Å². The molecule has 0 aromatic carbocycles. The summed E-state index contributed by atoms with van der Waals surface area (Å²) in [5.41, 5.74) is 5.26. The zero-order chi connectivity index (χ0) is 14.9. The molecule has 1 fully saturated rings. The van der Waals surface area contributed by atoms with Crippen LogP contribution in [0, 0.1) is 0 Å². The van der Waals surface area contributed by atoms with Gasteiger partial charge in [-0.25, -0.2) is 0 Å². The van der Waals surface area contributed by atoms with Gasteiger partial charge in [-0.3, -0.25) is 4.90 Å². The number of hydrogen-bond acceptors (Lipinski definition) is 3. The van der Waals surface area contributed by atoms with Crippen molar-refractivity contribution < 1.29 is 0 Å². The molecule has 0 saturated carbocycles. The maximum absolute atomic E-state index is 5.26. The van der Waals surface area contributed by atoms with Crippen molar-refractivity contribution in [2.45, 2.75) is 46.0 Å². The number of piperidine rings is 1. The number of rotatable bonds is 8. The molecule has 0 aromatic heterocycles. The minimum Gasteiger partial charge on any atom is -0.329 e. The van der Waals surface area contributed by atoms with Gasteiger partial charge >= 0.3 is 0 Å². The van der Waals surface area contributed by atoms with Gasteiger partial charge in [0.2, 0.25) is 0 Å². The number of allylic oxidation sites excluding steroid dienone is 2. The third-order valence-corrected chi connectivity index (χ3v) is 3.20. The highest BCUT2D eigenvalue weighted by Gasteiger charge is 2.06. The Balaban J connectivity index is 0.000000370. The highest BCUT2D eigenvalue weighted by molar-refractivity contribution is 4.84. The standard InChI is InChI=1S/C10H19N.C7H16N2/c1-2-3-5-8-11-9-6-4-7-10-11;1-2-3-4-6-9-7-5-8/h3,5H,2,4,6-10H2,1H3;3-4,9H,2,5-8H2,1H3. The van der Waals surface area contributed by atoms with E-state index >= 15 is 0 Å². The number of nitrogens with one attached hydrogen (secondary N) is 1. The summed E-state index contributed by atoms with van der Waals surface area (Å²) >= 11 is 0. The molecule has 1 heterocycles. The lowest BCUT2D eigenvalue weighted by Gasteiger charge is -2.24. The average Bonchev–Trinajstić information content (AvgIpc) is 2.49. The maximum atomic E-state index is 5.26. The van der Waals surface area contributed by atoms with Crippen LogP contribution in [0.5, 0.6) is 0 Å². The molecule has 1 rings (SSSR count). The first kappa shape index (κ1) is 19.4. The van der Waals surface area contributed by atoms with Crippen molar-refractivity contribution in [3.05, 3.63) is 24.3 Å². The molecule has 0 spiro atoms. The Morgan fingerprint density at radius 2 is 1.60 bits per heavy atom. The van der Waals surface area contributed by atoms with Crippen molar-refractivity contribution >= 4 is 0 Å². The second-order valence-electron chi connectivity index (χ2n) is 5.11. The first-order valence-electron chi connectivity index (χ1n) is 8.28. The summed E-state index contributed by atoms with van der Waals surface area (Å²) in [5.74, 6) is 0. The van der Waals surface area contributed by atoms with E-state index in [1.165, 1.54) is 45.3 Å². The fraction of sp³-hybridized carbons (Fsp3) is 0.765. The van der Waals surface area contributed by atoms with Crippen LogP contribution in [0.4, 0.5) is 0 Å². The Morgan fingerprint density at radius 3 is 2.20 bits per heavy atom. The van der Waals surface area contributed by atoms with Crippen LogP contribution >= 0.6 is 0 Å². The lowest BCUT2D eigenvalue weighted by Crippen LogP contribution is -2.29. The molecule has 118 valence electrons. The monoisotopic (exact) mass is 281 g/mol. The lowest BCUT2D eigenvalue weighted by molar-refractivity contribution is 0.251. The first-order valence-corrected chi connectivity index (χ1v) is 8.28. The molecule has 3 nitrogen and oxygen atoms in total. The third kappa shape index (κ3) is 13.8. The van der Waals surface area contributed by atoms with E-state index in [1.807, 2.05) is 0 Å². The highest BCUT2D eigenvalue weighted by Crippen LogP contribution is 2.07. The Hall–Kier alpha value is -0.640. The van der Waals surface area contributed by atoms with Crippen LogP contribution < -0.4 is 11.1 Å². The molecular formula is C17H35N3. The van der Waals surface area contributed by atoms with Crippen LogP contribution in [0.15, 0.2) is 24.3 Å². The highest BCUT2D eigenvalue weighted by atomic mass is 15.1. The SMILES string of the molecule is CCC=CCN1CCCCC1.CCC=CCNCCN. The summed E-state index contributed by atoms with van der Waals surface area (Å²) in [6.07, 6.45) is 15.4. The third-order valence-electron chi connectivity index (χ3n) is 3.20. The lowest BCUT2D eigenvalue weighted by atomic mass is 10.1. The quantitative estimate of drug-likeness (QED) is 0.531. The molecule has 3 heteroatoms. The van der Waals surface area contributed by atoms with Gasteiger partial charge in [0.1, 0.15) is 0 Å². The zero-order valence-electron chi connectivity index (χ0n) is 13.6. The van der Waals surface area contributed by atoms with Gasteiger partial charge in [-0.15, -0.1) is 0 Å². The van der Waals surface area contributed by atoms with Gasteiger partial charge < -0.3 is 11.1 Å². The second-order valence-corrected chi connectivity index (χ2v) is 5.11. The van der Waals surface area contributed by atoms with E-state index in [-0.39, 0.29) is 0 Å². The molecule has 3 N–H and O–H groups in total. The van der Waals surface area contributed by atoms with Crippen molar-refractivity contribution in [3.8, 4) is 0 Å². The summed E-state index contributed by atoms with van der Waals surface area (Å²) in [5, 5.41) is 3.16. The van der Waals surface area contributed by atoms with Crippen LogP contribution in [0.2, 0.25) is 0 Å². The van der Waals surface area contributed by atoms with Crippen LogP contribution in [-0.2, 0) is 0 Å². The van der Waals surface area contributed by atoms with E-state index in [0.717, 1.165) is 26.1 Å². The van der Waals surface area contributed by atoms with Crippen LogP contribution in [0.25, 0.3) is 0 Å². The predicted molar refractivity (Wildman–Crippen MR) is 91.1 cm³/mol. The second kappa shape index (κ2) is 16.4. The van der Waals surface area contributed by atoms with Crippen LogP contribution in [0.3, 0.4) is 0 Å². The molecule has 0 bridgehead atoms. The van der Waals surface area contributed by atoms with E-state index in [9.17, 15) is 0 Å². The fourth-order valence-corrected chi connectivity index (χ4v) is 2.07. The molecule has 1 aliphatic rings. The van der Waals surface area contributed by atoms with Crippen LogP contribution in [0.1, 0.15) is 46.0 Å². The van der Waals surface area contributed by atoms with E-state index in [0.29, 0.717) is 0 Å². The summed E-state index contributed by atoms with van der Waals surface area (Å²) in [6, 6.07) is 0. The van der Waals surface area contributed by atoms with Crippen molar-refractivity contribution in [3.63, 3.8) is 0 Å². The van der Waals surface area contributed by atoms with Gasteiger partial charge in [0.25, 0.3) is 0 Å². The molecule has 0 radical (unpaired) electrons. The first-order chi connectivity index (χ1) is 9.85. The smallest absolute Gasteiger partial charge is 0.0163 e. The van der Waals surface area contributed by atoms with Crippen LogP contribution in [-0.4, -0.2) is 44.2 Å². The average molecular weight is 281 g/mol. The number of nitrogens with zero attached hydrogens (tertiary/aromatic N) is 1. The minimum absolute atomic E-state index is 0.722. The number of nitrogens with two attached hydrogens (primary N) is 1. The van der Waals surface area contributed by atoms with E-state index in [1.54, 1.807) is 0 Å². The largest absolute Gasteiger partial charge is 0.329 e. The molecule has 1 saturated heterocycles. The molecule has 0 aromatic rings. The molecule has 20 heavy (non-hydrogen) atoms. The predicted octanol–water partition coefficient (Wildman–Crippen LogP) is 2.94. The Bertz CT molecular complexity index is 230. The Morgan fingerprint density at radius 1 is 0.950 bits per heavy atom. The summed E-state index contributed by atoms with van der Waals surface area (Å²) in [4.78, 5) is 2.54. The van der Waals surface area contributed by atoms with Crippen molar-refractivity contribution in [2.24, 2.45) is 5.73 Å². The number of likely N-dealkylation sites (tertiary alicyclic amines) is 1. The molecule has 0 atom stereocenters. The van der Waals surface area contributed by atoms with Crippen molar-refractivity contribution in [2.75, 3.05) is 39.3 Å². The normalized spacial score (nSPS) is 16.6. The van der Waals surface area contributed by atoms with Gasteiger partial charge in [-0.2, -0.15) is 0 Å². The maximum Gasteiger partial charge on any atom is 0.0163 e. The number of hydrogen-bond donors (Lipinski definition) is 2. The van der Waals surface area contributed by atoms with E-state index < -0.39 is 0 Å². The Kier molecular flexibility index (Phi) is 15.9. The summed E-state index contributed by atoms with van der Waals surface area (Å²) < 4.78 is 0. The molecule has 0 unspecified atom stereocenters. The summed E-state index contributed by atoms with van der Waals surface area (Å²) in [6.45, 7) is 10.7. The Labute approximate surface area is 126 Å². The van der Waals surface area contributed by atoms with Gasteiger partial charge in [-0.05, 0) is 38.8 Å². The minimum atomic E-state index is 0.722. The fourth-order valence-electron chi connectivity index (χ4n) is 2.07. The topological polar surface area (TPSA) is 41.3 Å².